The zero-order valence-corrected chi connectivity index (χ0v) is 18.4. The van der Waals surface area contributed by atoms with Crippen molar-refractivity contribution in [3.05, 3.63) is 23.9 Å². The van der Waals surface area contributed by atoms with Crippen LogP contribution in [0.1, 0.15) is 66.0 Å². The number of likely N-dealkylation sites (tertiary alicyclic amines) is 1. The van der Waals surface area contributed by atoms with E-state index in [-0.39, 0.29) is 12.1 Å². The molecule has 0 radical (unpaired) electrons. The van der Waals surface area contributed by atoms with Crippen LogP contribution in [0.2, 0.25) is 0 Å². The number of carbonyl (C=O) groups is 1. The van der Waals surface area contributed by atoms with Crippen LogP contribution in [0.25, 0.3) is 0 Å². The standard InChI is InChI=1S/C20H31N3O4S/c1-18(2,3)27-17(24)23-12-9-20(10-13-23)15(22-28(25)19(4,5)6)14-8-7-11-21-16(14)26-20/h7-8,11,15,22H,9-10,12-13H2,1-6H3/t15-,28-/m0/s1. The number of carbonyl (C=O) groups excluding carboxylic acids is 1. The van der Waals surface area contributed by atoms with Crippen LogP contribution >= 0.6 is 0 Å². The van der Waals surface area contributed by atoms with Gasteiger partial charge in [-0.05, 0) is 47.6 Å². The van der Waals surface area contributed by atoms with Gasteiger partial charge in [-0.15, -0.1) is 4.72 Å². The first-order valence-electron chi connectivity index (χ1n) is 9.71. The van der Waals surface area contributed by atoms with Crippen molar-refractivity contribution >= 4 is 17.5 Å². The molecule has 2 atom stereocenters. The molecule has 7 nitrogen and oxygen atoms in total. The molecule has 1 aromatic rings. The fourth-order valence-electron chi connectivity index (χ4n) is 3.48. The number of ether oxygens (including phenoxy) is 2. The van der Waals surface area contributed by atoms with Gasteiger partial charge < -0.3 is 18.9 Å². The Kier molecular flexibility index (Phi) is 5.59. The number of piperidine rings is 1. The van der Waals surface area contributed by atoms with Crippen LogP contribution in [0.15, 0.2) is 18.3 Å². The quantitative estimate of drug-likeness (QED) is 0.754. The van der Waals surface area contributed by atoms with E-state index in [0.717, 1.165) is 5.56 Å². The van der Waals surface area contributed by atoms with E-state index in [2.05, 4.69) is 9.71 Å². The third kappa shape index (κ3) is 4.39. The number of fused-ring (bicyclic) bond motifs is 1. The highest BCUT2D eigenvalue weighted by Crippen LogP contribution is 2.48. The molecule has 0 aromatic carbocycles. The van der Waals surface area contributed by atoms with Crippen LogP contribution in [-0.4, -0.2) is 49.6 Å². The second-order valence-corrected chi connectivity index (χ2v) is 11.5. The SMILES string of the molecule is CC(C)(C)OC(=O)N1CCC2(CC1)Oc1ncccc1[C@@H]2N[S@@+]([O-])C(C)(C)C. The Morgan fingerprint density at radius 1 is 1.32 bits per heavy atom. The molecule has 3 rings (SSSR count). The smallest absolute Gasteiger partial charge is 0.410 e. The van der Waals surface area contributed by atoms with Crippen LogP contribution in [0.5, 0.6) is 5.88 Å². The summed E-state index contributed by atoms with van der Waals surface area (Å²) in [7, 11) is 0. The van der Waals surface area contributed by atoms with Crippen LogP contribution in [0.4, 0.5) is 4.79 Å². The van der Waals surface area contributed by atoms with E-state index in [1.165, 1.54) is 0 Å². The second kappa shape index (κ2) is 7.39. The predicted octanol–water partition coefficient (Wildman–Crippen LogP) is 3.34. The number of amides is 1. The van der Waals surface area contributed by atoms with Gasteiger partial charge in [0.05, 0.1) is 0 Å². The third-order valence-corrected chi connectivity index (χ3v) is 6.54. The van der Waals surface area contributed by atoms with E-state index in [9.17, 15) is 9.35 Å². The predicted molar refractivity (Wildman–Crippen MR) is 108 cm³/mol. The van der Waals surface area contributed by atoms with Gasteiger partial charge in [-0.25, -0.2) is 9.78 Å². The molecule has 8 heteroatoms. The van der Waals surface area contributed by atoms with Crippen molar-refractivity contribution in [3.63, 3.8) is 0 Å². The molecule has 28 heavy (non-hydrogen) atoms. The normalized spacial score (nSPS) is 22.5. The van der Waals surface area contributed by atoms with E-state index >= 15 is 0 Å². The first kappa shape index (κ1) is 21.2. The highest BCUT2D eigenvalue weighted by molar-refractivity contribution is 7.90. The van der Waals surface area contributed by atoms with Gasteiger partial charge in [0.15, 0.2) is 0 Å². The molecule has 0 bridgehead atoms. The average molecular weight is 410 g/mol. The molecule has 1 saturated heterocycles. The van der Waals surface area contributed by atoms with Crippen molar-refractivity contribution < 1.29 is 18.8 Å². The Balaban J connectivity index is 1.78. The molecule has 1 amide bonds. The van der Waals surface area contributed by atoms with Crippen molar-refractivity contribution in [2.24, 2.45) is 0 Å². The maximum absolute atomic E-state index is 12.8. The Morgan fingerprint density at radius 2 is 1.96 bits per heavy atom. The number of nitrogens with one attached hydrogen (secondary N) is 1. The van der Waals surface area contributed by atoms with E-state index in [1.54, 1.807) is 11.1 Å². The van der Waals surface area contributed by atoms with Gasteiger partial charge in [-0.2, -0.15) is 0 Å². The molecule has 3 heterocycles. The number of hydrogen-bond acceptors (Lipinski definition) is 6. The monoisotopic (exact) mass is 409 g/mol. The molecule has 2 aliphatic heterocycles. The van der Waals surface area contributed by atoms with Crippen molar-refractivity contribution in [2.75, 3.05) is 13.1 Å². The van der Waals surface area contributed by atoms with Crippen molar-refractivity contribution in [1.82, 2.24) is 14.6 Å². The summed E-state index contributed by atoms with van der Waals surface area (Å²) in [5.41, 5.74) is -0.175. The first-order chi connectivity index (χ1) is 12.9. The average Bonchev–Trinajstić information content (AvgIpc) is 2.86. The summed E-state index contributed by atoms with van der Waals surface area (Å²) >= 11 is -1.26. The molecule has 0 saturated carbocycles. The van der Waals surface area contributed by atoms with Crippen LogP contribution in [0.3, 0.4) is 0 Å². The lowest BCUT2D eigenvalue weighted by atomic mass is 9.83. The minimum Gasteiger partial charge on any atom is -0.598 e. The number of pyridine rings is 1. The lowest BCUT2D eigenvalue weighted by molar-refractivity contribution is -0.0217. The largest absolute Gasteiger partial charge is 0.598 e. The summed E-state index contributed by atoms with van der Waals surface area (Å²) in [6.45, 7) is 12.4. The Bertz CT molecular complexity index is 721. The van der Waals surface area contributed by atoms with Gasteiger partial charge >= 0.3 is 6.09 Å². The van der Waals surface area contributed by atoms with Crippen LogP contribution in [0, 0.1) is 0 Å². The Hall–Kier alpha value is -1.51. The minimum atomic E-state index is -1.26. The van der Waals surface area contributed by atoms with E-state index in [1.807, 2.05) is 53.7 Å². The minimum absolute atomic E-state index is 0.239. The molecule has 1 aromatic heterocycles. The molecule has 156 valence electrons. The fraction of sp³-hybridized carbons (Fsp3) is 0.700. The summed E-state index contributed by atoms with van der Waals surface area (Å²) in [6.07, 6.45) is 2.62. The summed E-state index contributed by atoms with van der Waals surface area (Å²) in [5.74, 6) is 0.580. The lowest BCUT2D eigenvalue weighted by Crippen LogP contribution is -2.56. The molecular weight excluding hydrogens is 378 g/mol. The number of hydrogen-bond donors (Lipinski definition) is 1. The van der Waals surface area contributed by atoms with E-state index < -0.39 is 27.3 Å². The van der Waals surface area contributed by atoms with Crippen LogP contribution in [-0.2, 0) is 16.1 Å². The van der Waals surface area contributed by atoms with E-state index in [4.69, 9.17) is 9.47 Å². The van der Waals surface area contributed by atoms with Crippen LogP contribution < -0.4 is 9.46 Å². The highest BCUT2D eigenvalue weighted by atomic mass is 32.2. The molecule has 1 fully saturated rings. The molecular formula is C20H31N3O4S. The fourth-order valence-corrected chi connectivity index (χ4v) is 4.39. The molecule has 1 N–H and O–H groups in total. The summed E-state index contributed by atoms with van der Waals surface area (Å²) in [5, 5.41) is 0. The lowest BCUT2D eigenvalue weighted by Gasteiger charge is -2.42. The van der Waals surface area contributed by atoms with Crippen molar-refractivity contribution in [3.8, 4) is 5.88 Å². The van der Waals surface area contributed by atoms with Crippen molar-refractivity contribution in [1.29, 1.82) is 0 Å². The number of nitrogens with zero attached hydrogens (tertiary/aromatic N) is 2. The number of rotatable bonds is 2. The maximum atomic E-state index is 12.8. The zero-order chi connectivity index (χ0) is 20.7. The Morgan fingerprint density at radius 3 is 2.54 bits per heavy atom. The highest BCUT2D eigenvalue weighted by Gasteiger charge is 2.54. The maximum Gasteiger partial charge on any atom is 0.410 e. The third-order valence-electron chi connectivity index (χ3n) is 4.98. The molecule has 0 unspecified atom stereocenters. The molecule has 1 spiro atoms. The van der Waals surface area contributed by atoms with Gasteiger partial charge in [0.1, 0.15) is 22.0 Å². The summed E-state index contributed by atoms with van der Waals surface area (Å²) in [6, 6.07) is 3.60. The second-order valence-electron chi connectivity index (χ2n) is 9.46. The van der Waals surface area contributed by atoms with Crippen molar-refractivity contribution in [2.45, 2.75) is 76.4 Å². The van der Waals surface area contributed by atoms with Gasteiger partial charge in [0.2, 0.25) is 5.88 Å². The van der Waals surface area contributed by atoms with Gasteiger partial charge in [0, 0.05) is 49.1 Å². The zero-order valence-electron chi connectivity index (χ0n) is 17.6. The summed E-state index contributed by atoms with van der Waals surface area (Å²) < 4.78 is 27.5. The van der Waals surface area contributed by atoms with Gasteiger partial charge in [0.25, 0.3) is 0 Å². The number of aromatic nitrogens is 1. The first-order valence-corrected chi connectivity index (χ1v) is 10.9. The molecule has 0 aliphatic carbocycles. The van der Waals surface area contributed by atoms with E-state index in [0.29, 0.717) is 31.8 Å². The summed E-state index contributed by atoms with van der Waals surface area (Å²) in [4.78, 5) is 18.5. The van der Waals surface area contributed by atoms with Gasteiger partial charge in [-0.3, -0.25) is 0 Å². The molecule has 2 aliphatic rings. The Labute approximate surface area is 170 Å². The van der Waals surface area contributed by atoms with Gasteiger partial charge in [-0.1, -0.05) is 6.07 Å². The topological polar surface area (TPSA) is 86.8 Å².